The Labute approximate surface area is 79.6 Å². The Morgan fingerprint density at radius 1 is 1.14 bits per heavy atom. The van der Waals surface area contributed by atoms with Crippen molar-refractivity contribution in [3.05, 3.63) is 0 Å². The lowest BCUT2D eigenvalue weighted by molar-refractivity contribution is -0.158. The summed E-state index contributed by atoms with van der Waals surface area (Å²) in [6, 6.07) is -2.33. The number of aliphatic hydroxyl groups is 4. The first-order valence-electron chi connectivity index (χ1n) is 4.13. The van der Waals surface area contributed by atoms with E-state index in [1.807, 2.05) is 0 Å². The molecule has 1 heterocycles. The van der Waals surface area contributed by atoms with E-state index in [4.69, 9.17) is 10.2 Å². The lowest BCUT2D eigenvalue weighted by atomic mass is 9.90. The highest BCUT2D eigenvalue weighted by Crippen LogP contribution is 2.15. The fourth-order valence-electron chi connectivity index (χ4n) is 1.44. The lowest BCUT2D eigenvalue weighted by Crippen LogP contribution is -2.67. The van der Waals surface area contributed by atoms with Gasteiger partial charge in [0.1, 0.15) is 24.4 Å². The van der Waals surface area contributed by atoms with Gasteiger partial charge >= 0.3 is 5.97 Å². The van der Waals surface area contributed by atoms with E-state index in [0.29, 0.717) is 0 Å². The summed E-state index contributed by atoms with van der Waals surface area (Å²) in [7, 11) is 0. The van der Waals surface area contributed by atoms with Crippen LogP contribution >= 0.6 is 0 Å². The van der Waals surface area contributed by atoms with Crippen molar-refractivity contribution in [2.24, 2.45) is 0 Å². The Bertz CT molecular complexity index is 220. The first-order valence-corrected chi connectivity index (χ1v) is 4.13. The standard InChI is InChI=1S/C7H13NO6/c9-1-2-4(10)6(12)5(11)3(8-2)7(13)14/h2-6,8-12H,1H2,(H,13,14)/t2-,3-,4-,5+,6-/m0/s1. The van der Waals surface area contributed by atoms with Crippen LogP contribution in [0.5, 0.6) is 0 Å². The predicted octanol–water partition coefficient (Wildman–Crippen LogP) is -3.51. The van der Waals surface area contributed by atoms with Crippen molar-refractivity contribution < 1.29 is 30.3 Å². The molecular weight excluding hydrogens is 194 g/mol. The second kappa shape index (κ2) is 4.20. The second-order valence-corrected chi connectivity index (χ2v) is 3.24. The topological polar surface area (TPSA) is 130 Å². The van der Waals surface area contributed by atoms with Gasteiger partial charge in [-0.1, -0.05) is 0 Å². The Kier molecular flexibility index (Phi) is 3.40. The van der Waals surface area contributed by atoms with Gasteiger partial charge in [0, 0.05) is 0 Å². The maximum atomic E-state index is 10.6. The molecule has 0 amide bonds. The Balaban J connectivity index is 2.78. The summed E-state index contributed by atoms with van der Waals surface area (Å²) in [4.78, 5) is 10.6. The molecule has 0 aliphatic carbocycles. The number of rotatable bonds is 2. The molecule has 82 valence electrons. The minimum atomic E-state index is -1.59. The molecule has 0 aromatic carbocycles. The quantitative estimate of drug-likeness (QED) is 0.277. The third-order valence-electron chi connectivity index (χ3n) is 2.31. The maximum Gasteiger partial charge on any atom is 0.323 e. The first kappa shape index (κ1) is 11.3. The minimum Gasteiger partial charge on any atom is -0.480 e. The summed E-state index contributed by atoms with van der Waals surface area (Å²) in [5, 5.41) is 47.5. The zero-order valence-electron chi connectivity index (χ0n) is 7.24. The molecule has 5 atom stereocenters. The summed E-state index contributed by atoms with van der Waals surface area (Å²) in [5.74, 6) is -1.35. The average molecular weight is 207 g/mol. The van der Waals surface area contributed by atoms with Crippen molar-refractivity contribution >= 4 is 5.97 Å². The van der Waals surface area contributed by atoms with Crippen LogP contribution in [0.25, 0.3) is 0 Å². The molecule has 7 heteroatoms. The molecule has 1 saturated heterocycles. The van der Waals surface area contributed by atoms with Crippen LogP contribution < -0.4 is 5.32 Å². The van der Waals surface area contributed by atoms with Crippen molar-refractivity contribution in [1.29, 1.82) is 0 Å². The third-order valence-corrected chi connectivity index (χ3v) is 2.31. The Morgan fingerprint density at radius 2 is 1.71 bits per heavy atom. The number of piperidine rings is 1. The van der Waals surface area contributed by atoms with Gasteiger partial charge in [-0.2, -0.15) is 0 Å². The summed E-state index contributed by atoms with van der Waals surface area (Å²) in [5.41, 5.74) is 0. The summed E-state index contributed by atoms with van der Waals surface area (Å²) in [6.45, 7) is -0.519. The second-order valence-electron chi connectivity index (χ2n) is 3.24. The van der Waals surface area contributed by atoms with E-state index in [9.17, 15) is 20.1 Å². The van der Waals surface area contributed by atoms with Gasteiger partial charge in [0.05, 0.1) is 12.6 Å². The fraction of sp³-hybridized carbons (Fsp3) is 0.857. The van der Waals surface area contributed by atoms with Crippen LogP contribution in [0.4, 0.5) is 0 Å². The van der Waals surface area contributed by atoms with Gasteiger partial charge in [-0.25, -0.2) is 0 Å². The molecule has 6 N–H and O–H groups in total. The van der Waals surface area contributed by atoms with E-state index >= 15 is 0 Å². The van der Waals surface area contributed by atoms with E-state index in [0.717, 1.165) is 0 Å². The lowest BCUT2D eigenvalue weighted by Gasteiger charge is -2.38. The minimum absolute atomic E-state index is 0.519. The summed E-state index contributed by atoms with van der Waals surface area (Å²) >= 11 is 0. The molecular formula is C7H13NO6. The van der Waals surface area contributed by atoms with Crippen LogP contribution in [-0.4, -0.2) is 68.5 Å². The van der Waals surface area contributed by atoms with Crippen molar-refractivity contribution in [2.75, 3.05) is 6.61 Å². The molecule has 0 radical (unpaired) electrons. The number of carboxylic acid groups (broad SMARTS) is 1. The first-order chi connectivity index (χ1) is 6.49. The highest BCUT2D eigenvalue weighted by Gasteiger charge is 2.44. The maximum absolute atomic E-state index is 10.6. The van der Waals surface area contributed by atoms with Crippen molar-refractivity contribution in [3.8, 4) is 0 Å². The van der Waals surface area contributed by atoms with Crippen LogP contribution in [0.2, 0.25) is 0 Å². The van der Waals surface area contributed by atoms with E-state index in [1.165, 1.54) is 0 Å². The third kappa shape index (κ3) is 1.86. The molecule has 0 aromatic rings. The van der Waals surface area contributed by atoms with Gasteiger partial charge in [0.15, 0.2) is 0 Å². The van der Waals surface area contributed by atoms with Crippen molar-refractivity contribution in [3.63, 3.8) is 0 Å². The van der Waals surface area contributed by atoms with Gasteiger partial charge in [0.25, 0.3) is 0 Å². The molecule has 1 fully saturated rings. The van der Waals surface area contributed by atoms with Gasteiger partial charge in [-0.3, -0.25) is 10.1 Å². The number of nitrogens with one attached hydrogen (secondary N) is 1. The molecule has 0 unspecified atom stereocenters. The Hall–Kier alpha value is -0.730. The molecule has 1 aliphatic heterocycles. The zero-order chi connectivity index (χ0) is 10.9. The number of carboxylic acids is 1. The number of carbonyl (C=O) groups is 1. The fourth-order valence-corrected chi connectivity index (χ4v) is 1.44. The molecule has 0 saturated carbocycles. The highest BCUT2D eigenvalue weighted by molar-refractivity contribution is 5.74. The molecule has 0 spiro atoms. The molecule has 1 aliphatic rings. The van der Waals surface area contributed by atoms with E-state index in [-0.39, 0.29) is 0 Å². The van der Waals surface area contributed by atoms with Crippen molar-refractivity contribution in [1.82, 2.24) is 5.32 Å². The number of aliphatic carboxylic acids is 1. The average Bonchev–Trinajstić information content (AvgIpc) is 2.14. The van der Waals surface area contributed by atoms with E-state index in [2.05, 4.69) is 5.32 Å². The molecule has 14 heavy (non-hydrogen) atoms. The van der Waals surface area contributed by atoms with Crippen LogP contribution in [-0.2, 0) is 4.79 Å². The van der Waals surface area contributed by atoms with Crippen LogP contribution in [0, 0.1) is 0 Å². The van der Waals surface area contributed by atoms with Gasteiger partial charge in [0.2, 0.25) is 0 Å². The SMILES string of the molecule is O=C(O)[C@H]1N[C@@H](CO)[C@H](O)[C@H](O)[C@@H]1O. The van der Waals surface area contributed by atoms with E-state index < -0.39 is 43.0 Å². The smallest absolute Gasteiger partial charge is 0.323 e. The van der Waals surface area contributed by atoms with Gasteiger partial charge in [-0.15, -0.1) is 0 Å². The normalized spacial score (nSPS) is 43.6. The van der Waals surface area contributed by atoms with Gasteiger partial charge < -0.3 is 25.5 Å². The molecule has 1 rings (SSSR count). The predicted molar refractivity (Wildman–Crippen MR) is 43.5 cm³/mol. The summed E-state index contributed by atoms with van der Waals surface area (Å²) < 4.78 is 0. The van der Waals surface area contributed by atoms with Gasteiger partial charge in [-0.05, 0) is 0 Å². The van der Waals surface area contributed by atoms with Crippen molar-refractivity contribution in [2.45, 2.75) is 30.4 Å². The van der Waals surface area contributed by atoms with E-state index in [1.54, 1.807) is 0 Å². The van der Waals surface area contributed by atoms with Crippen LogP contribution in [0.15, 0.2) is 0 Å². The number of aliphatic hydroxyl groups excluding tert-OH is 4. The summed E-state index contributed by atoms with van der Waals surface area (Å²) in [6.07, 6.45) is -4.55. The monoisotopic (exact) mass is 207 g/mol. The number of hydrogen-bond acceptors (Lipinski definition) is 6. The molecule has 7 nitrogen and oxygen atoms in total. The largest absolute Gasteiger partial charge is 0.480 e. The zero-order valence-corrected chi connectivity index (χ0v) is 7.24. The molecule has 0 aromatic heterocycles. The molecule has 0 bridgehead atoms. The number of hydrogen-bond donors (Lipinski definition) is 6. The van der Waals surface area contributed by atoms with Crippen LogP contribution in [0.3, 0.4) is 0 Å². The van der Waals surface area contributed by atoms with Crippen LogP contribution in [0.1, 0.15) is 0 Å². The Morgan fingerprint density at radius 3 is 2.14 bits per heavy atom. The highest BCUT2D eigenvalue weighted by atomic mass is 16.4.